The van der Waals surface area contributed by atoms with Gasteiger partial charge in [0.05, 0.1) is 20.3 Å². The number of hydrogen-bond acceptors (Lipinski definition) is 5. The number of H-pyrrole nitrogens is 1. The largest absolute Gasteiger partial charge is 0.467 e. The monoisotopic (exact) mass is 280 g/mol. The van der Waals surface area contributed by atoms with Crippen LogP contribution in [0.25, 0.3) is 0 Å². The third-order valence-electron chi connectivity index (χ3n) is 3.15. The van der Waals surface area contributed by atoms with Crippen molar-refractivity contribution in [3.8, 4) is 0 Å². The summed E-state index contributed by atoms with van der Waals surface area (Å²) in [4.78, 5) is 39.8. The van der Waals surface area contributed by atoms with Gasteiger partial charge in [-0.3, -0.25) is 9.59 Å². The number of ether oxygens (including phenoxy) is 2. The van der Waals surface area contributed by atoms with Crippen LogP contribution < -0.4 is 5.56 Å². The summed E-state index contributed by atoms with van der Waals surface area (Å²) in [5.74, 6) is -1.05. The van der Waals surface area contributed by atoms with E-state index in [1.807, 2.05) is 0 Å². The molecular weight excluding hydrogens is 264 g/mol. The lowest BCUT2D eigenvalue weighted by Crippen LogP contribution is -2.53. The zero-order valence-corrected chi connectivity index (χ0v) is 11.3. The third kappa shape index (κ3) is 2.72. The molecule has 1 unspecified atom stereocenters. The molecule has 0 bridgehead atoms. The summed E-state index contributed by atoms with van der Waals surface area (Å²) >= 11 is 0. The van der Waals surface area contributed by atoms with Crippen LogP contribution in [-0.4, -0.2) is 54.7 Å². The first-order valence-corrected chi connectivity index (χ1v) is 6.21. The number of aromatic nitrogens is 1. The predicted molar refractivity (Wildman–Crippen MR) is 69.5 cm³/mol. The molecule has 1 fully saturated rings. The predicted octanol–water partition coefficient (Wildman–Crippen LogP) is -0.303. The van der Waals surface area contributed by atoms with Crippen molar-refractivity contribution in [3.05, 3.63) is 33.7 Å². The molecule has 2 rings (SSSR count). The highest BCUT2D eigenvalue weighted by Crippen LogP contribution is 2.12. The van der Waals surface area contributed by atoms with Crippen LogP contribution in [0.1, 0.15) is 16.1 Å². The van der Waals surface area contributed by atoms with Crippen molar-refractivity contribution in [1.82, 2.24) is 9.88 Å². The molecule has 2 heterocycles. The van der Waals surface area contributed by atoms with Crippen LogP contribution in [0, 0.1) is 6.92 Å². The molecule has 1 amide bonds. The molecule has 1 N–H and O–H groups in total. The van der Waals surface area contributed by atoms with Crippen molar-refractivity contribution < 1.29 is 19.1 Å². The lowest BCUT2D eigenvalue weighted by molar-refractivity contribution is -0.151. The number of nitrogens with one attached hydrogen (secondary N) is 1. The molecule has 0 saturated carbocycles. The van der Waals surface area contributed by atoms with Gasteiger partial charge in [0.15, 0.2) is 6.04 Å². The second kappa shape index (κ2) is 5.87. The minimum atomic E-state index is -0.818. The van der Waals surface area contributed by atoms with Gasteiger partial charge in [-0.1, -0.05) is 0 Å². The number of hydrogen-bond donors (Lipinski definition) is 1. The molecule has 7 heteroatoms. The van der Waals surface area contributed by atoms with Crippen LogP contribution in [0.15, 0.2) is 16.9 Å². The van der Waals surface area contributed by atoms with E-state index in [1.54, 1.807) is 13.0 Å². The van der Waals surface area contributed by atoms with Crippen LogP contribution in [0.2, 0.25) is 0 Å². The van der Waals surface area contributed by atoms with Crippen molar-refractivity contribution >= 4 is 11.9 Å². The van der Waals surface area contributed by atoms with Gasteiger partial charge in [0, 0.05) is 12.2 Å². The topological polar surface area (TPSA) is 88.7 Å². The number of rotatable bonds is 2. The Labute approximate surface area is 115 Å². The maximum absolute atomic E-state index is 12.4. The molecule has 108 valence electrons. The Morgan fingerprint density at radius 2 is 2.20 bits per heavy atom. The summed E-state index contributed by atoms with van der Waals surface area (Å²) < 4.78 is 9.85. The number of aryl methyl sites for hydroxylation is 1. The smallest absolute Gasteiger partial charge is 0.331 e. The van der Waals surface area contributed by atoms with Crippen LogP contribution in [0.5, 0.6) is 0 Å². The van der Waals surface area contributed by atoms with Crippen molar-refractivity contribution in [3.63, 3.8) is 0 Å². The standard InChI is InChI=1S/C13H16N2O5/c1-8-3-4-9(11(16)14-8)12(17)15-5-6-20-7-10(15)13(18)19-2/h3-4,10H,5-7H2,1-2H3,(H,14,16). The van der Waals surface area contributed by atoms with E-state index in [4.69, 9.17) is 4.74 Å². The number of aromatic amines is 1. The van der Waals surface area contributed by atoms with Gasteiger partial charge in [-0.15, -0.1) is 0 Å². The summed E-state index contributed by atoms with van der Waals surface area (Å²) in [6.07, 6.45) is 0. The fourth-order valence-electron chi connectivity index (χ4n) is 2.07. The van der Waals surface area contributed by atoms with E-state index in [-0.39, 0.29) is 18.7 Å². The van der Waals surface area contributed by atoms with E-state index in [2.05, 4.69) is 9.72 Å². The third-order valence-corrected chi connectivity index (χ3v) is 3.15. The second-order valence-corrected chi connectivity index (χ2v) is 4.50. The molecule has 0 radical (unpaired) electrons. The van der Waals surface area contributed by atoms with E-state index in [9.17, 15) is 14.4 Å². The Bertz CT molecular complexity index is 580. The Hall–Kier alpha value is -2.15. The fourth-order valence-corrected chi connectivity index (χ4v) is 2.07. The Morgan fingerprint density at radius 3 is 2.85 bits per heavy atom. The molecule has 7 nitrogen and oxygen atoms in total. The molecular formula is C13H16N2O5. The summed E-state index contributed by atoms with van der Waals surface area (Å²) in [5, 5.41) is 0. The SMILES string of the molecule is COC(=O)C1COCCN1C(=O)c1ccc(C)[nH]c1=O. The lowest BCUT2D eigenvalue weighted by Gasteiger charge is -2.33. The summed E-state index contributed by atoms with van der Waals surface area (Å²) in [7, 11) is 1.25. The maximum atomic E-state index is 12.4. The van der Waals surface area contributed by atoms with Crippen LogP contribution in [0.3, 0.4) is 0 Å². The van der Waals surface area contributed by atoms with E-state index < -0.39 is 23.5 Å². The number of carbonyl (C=O) groups excluding carboxylic acids is 2. The van der Waals surface area contributed by atoms with Gasteiger partial charge in [-0.2, -0.15) is 0 Å². The quantitative estimate of drug-likeness (QED) is 0.751. The number of nitrogens with zero attached hydrogens (tertiary/aromatic N) is 1. The first-order chi connectivity index (χ1) is 9.54. The number of pyridine rings is 1. The molecule has 1 aliphatic rings. The zero-order chi connectivity index (χ0) is 14.7. The van der Waals surface area contributed by atoms with Crippen molar-refractivity contribution in [2.75, 3.05) is 26.9 Å². The van der Waals surface area contributed by atoms with Gasteiger partial charge in [0.25, 0.3) is 11.5 Å². The van der Waals surface area contributed by atoms with Crippen molar-refractivity contribution in [2.24, 2.45) is 0 Å². The number of carbonyl (C=O) groups is 2. The minimum Gasteiger partial charge on any atom is -0.467 e. The van der Waals surface area contributed by atoms with Gasteiger partial charge in [-0.25, -0.2) is 4.79 Å². The van der Waals surface area contributed by atoms with Gasteiger partial charge < -0.3 is 19.4 Å². The lowest BCUT2D eigenvalue weighted by atomic mass is 10.1. The van der Waals surface area contributed by atoms with E-state index in [0.717, 1.165) is 0 Å². The number of esters is 1. The second-order valence-electron chi connectivity index (χ2n) is 4.50. The zero-order valence-electron chi connectivity index (χ0n) is 11.3. The van der Waals surface area contributed by atoms with Gasteiger partial charge >= 0.3 is 5.97 Å². The first kappa shape index (κ1) is 14.3. The minimum absolute atomic E-state index is 0.00593. The highest BCUT2D eigenvalue weighted by atomic mass is 16.5. The van der Waals surface area contributed by atoms with Crippen molar-refractivity contribution in [2.45, 2.75) is 13.0 Å². The van der Waals surface area contributed by atoms with E-state index in [0.29, 0.717) is 12.3 Å². The van der Waals surface area contributed by atoms with Crippen LogP contribution >= 0.6 is 0 Å². The summed E-state index contributed by atoms with van der Waals surface area (Å²) in [6, 6.07) is 2.28. The maximum Gasteiger partial charge on any atom is 0.331 e. The average Bonchev–Trinajstić information content (AvgIpc) is 2.46. The number of morpholine rings is 1. The highest BCUT2D eigenvalue weighted by molar-refractivity contribution is 5.96. The molecule has 0 aromatic carbocycles. The molecule has 20 heavy (non-hydrogen) atoms. The number of amides is 1. The Kier molecular flexibility index (Phi) is 4.19. The molecule has 0 aliphatic carbocycles. The Morgan fingerprint density at radius 1 is 1.45 bits per heavy atom. The van der Waals surface area contributed by atoms with Gasteiger partial charge in [0.1, 0.15) is 5.56 Å². The summed E-state index contributed by atoms with van der Waals surface area (Å²) in [5.41, 5.74) is 0.203. The Balaban J connectivity index is 2.30. The van der Waals surface area contributed by atoms with Crippen molar-refractivity contribution in [1.29, 1.82) is 0 Å². The highest BCUT2D eigenvalue weighted by Gasteiger charge is 2.34. The summed E-state index contributed by atoms with van der Waals surface area (Å²) in [6.45, 7) is 2.36. The molecule has 1 atom stereocenters. The first-order valence-electron chi connectivity index (χ1n) is 6.21. The fraction of sp³-hybridized carbons (Fsp3) is 0.462. The normalized spacial score (nSPS) is 18.7. The number of methoxy groups -OCH3 is 1. The van der Waals surface area contributed by atoms with Crippen LogP contribution in [0.4, 0.5) is 0 Å². The van der Waals surface area contributed by atoms with Crippen LogP contribution in [-0.2, 0) is 14.3 Å². The molecule has 0 spiro atoms. The van der Waals surface area contributed by atoms with Gasteiger partial charge in [0.2, 0.25) is 0 Å². The molecule has 1 aromatic heterocycles. The molecule has 1 aromatic rings. The van der Waals surface area contributed by atoms with E-state index >= 15 is 0 Å². The average molecular weight is 280 g/mol. The molecule has 1 aliphatic heterocycles. The van der Waals surface area contributed by atoms with Gasteiger partial charge in [-0.05, 0) is 19.1 Å². The van der Waals surface area contributed by atoms with E-state index in [1.165, 1.54) is 18.1 Å². The molecule has 1 saturated heterocycles.